The van der Waals surface area contributed by atoms with E-state index in [4.69, 9.17) is 26.8 Å². The number of nitrogen functional groups attached to an aromatic ring is 1. The van der Waals surface area contributed by atoms with Crippen molar-refractivity contribution >= 4 is 17.3 Å². The summed E-state index contributed by atoms with van der Waals surface area (Å²) in [5.74, 6) is 1.88. The van der Waals surface area contributed by atoms with Gasteiger partial charge in [0.05, 0.1) is 6.61 Å². The summed E-state index contributed by atoms with van der Waals surface area (Å²) in [6.45, 7) is 2.47. The van der Waals surface area contributed by atoms with Crippen LogP contribution in [0.15, 0.2) is 42.5 Å². The van der Waals surface area contributed by atoms with Crippen molar-refractivity contribution in [3.8, 4) is 17.2 Å². The largest absolute Gasteiger partial charge is 0.492 e. The molecule has 4 heteroatoms. The van der Waals surface area contributed by atoms with Crippen molar-refractivity contribution in [1.82, 2.24) is 0 Å². The smallest absolute Gasteiger partial charge is 0.154 e. The van der Waals surface area contributed by atoms with Gasteiger partial charge in [-0.15, -0.1) is 0 Å². The van der Waals surface area contributed by atoms with Crippen molar-refractivity contribution in [3.05, 3.63) is 47.5 Å². The first-order valence-electron chi connectivity index (χ1n) is 5.65. The second-order valence-corrected chi connectivity index (χ2v) is 4.09. The Kier molecular flexibility index (Phi) is 3.95. The molecule has 0 heterocycles. The van der Waals surface area contributed by atoms with Crippen LogP contribution in [0.4, 0.5) is 5.69 Å². The molecule has 0 fully saturated rings. The molecule has 3 nitrogen and oxygen atoms in total. The first-order chi connectivity index (χ1) is 8.70. The molecule has 0 aliphatic carbocycles. The van der Waals surface area contributed by atoms with Gasteiger partial charge < -0.3 is 15.2 Å². The minimum absolute atomic E-state index is 0.495. The maximum absolute atomic E-state index is 5.97. The third-order valence-electron chi connectivity index (χ3n) is 2.37. The Morgan fingerprint density at radius 1 is 1.06 bits per heavy atom. The molecular formula is C14H14ClNO2. The molecule has 0 amide bonds. The minimum atomic E-state index is 0.495. The van der Waals surface area contributed by atoms with E-state index in [0.29, 0.717) is 34.6 Å². The number of hydrogen-bond acceptors (Lipinski definition) is 3. The predicted molar refractivity (Wildman–Crippen MR) is 73.5 cm³/mol. The molecule has 94 valence electrons. The molecule has 0 aliphatic rings. The van der Waals surface area contributed by atoms with Crippen LogP contribution in [0.2, 0.25) is 5.02 Å². The molecule has 0 aromatic heterocycles. The highest BCUT2D eigenvalue weighted by Crippen LogP contribution is 2.34. The van der Waals surface area contributed by atoms with Gasteiger partial charge in [-0.05, 0) is 43.3 Å². The Morgan fingerprint density at radius 2 is 1.72 bits per heavy atom. The molecule has 0 radical (unpaired) electrons. The molecule has 0 atom stereocenters. The van der Waals surface area contributed by atoms with Gasteiger partial charge in [-0.3, -0.25) is 0 Å². The van der Waals surface area contributed by atoms with E-state index < -0.39 is 0 Å². The third-order valence-corrected chi connectivity index (χ3v) is 2.62. The second kappa shape index (κ2) is 5.65. The molecule has 0 spiro atoms. The molecule has 2 N–H and O–H groups in total. The SMILES string of the molecule is CCOc1cccc(Oc2ccc(Cl)cc2)c1N. The molecule has 2 aromatic rings. The zero-order valence-corrected chi connectivity index (χ0v) is 10.8. The van der Waals surface area contributed by atoms with Gasteiger partial charge in [0.25, 0.3) is 0 Å². The van der Waals surface area contributed by atoms with Crippen LogP contribution >= 0.6 is 11.6 Å². The van der Waals surface area contributed by atoms with E-state index in [1.807, 2.05) is 19.1 Å². The van der Waals surface area contributed by atoms with Gasteiger partial charge in [0.1, 0.15) is 17.2 Å². The number of rotatable bonds is 4. The lowest BCUT2D eigenvalue weighted by molar-refractivity contribution is 0.340. The third kappa shape index (κ3) is 2.87. The Balaban J connectivity index is 2.23. The first-order valence-corrected chi connectivity index (χ1v) is 6.03. The Morgan fingerprint density at radius 3 is 2.39 bits per heavy atom. The maximum atomic E-state index is 5.97. The van der Waals surface area contributed by atoms with E-state index in [0.717, 1.165) is 0 Å². The highest BCUT2D eigenvalue weighted by atomic mass is 35.5. The van der Waals surface area contributed by atoms with Gasteiger partial charge >= 0.3 is 0 Å². The zero-order valence-electron chi connectivity index (χ0n) is 10.0. The van der Waals surface area contributed by atoms with Crippen LogP contribution in [-0.4, -0.2) is 6.61 Å². The highest BCUT2D eigenvalue weighted by Gasteiger charge is 2.07. The quantitative estimate of drug-likeness (QED) is 0.844. The predicted octanol–water partition coefficient (Wildman–Crippen LogP) is 4.11. The van der Waals surface area contributed by atoms with E-state index in [1.54, 1.807) is 30.3 Å². The monoisotopic (exact) mass is 263 g/mol. The van der Waals surface area contributed by atoms with Gasteiger partial charge in [0.2, 0.25) is 0 Å². The lowest BCUT2D eigenvalue weighted by Crippen LogP contribution is -1.98. The normalized spacial score (nSPS) is 10.1. The van der Waals surface area contributed by atoms with Crippen LogP contribution in [0, 0.1) is 0 Å². The second-order valence-electron chi connectivity index (χ2n) is 3.66. The van der Waals surface area contributed by atoms with Crippen LogP contribution in [0.25, 0.3) is 0 Å². The summed E-state index contributed by atoms with van der Waals surface area (Å²) in [6.07, 6.45) is 0. The van der Waals surface area contributed by atoms with Crippen molar-refractivity contribution in [3.63, 3.8) is 0 Å². The number of ether oxygens (including phenoxy) is 2. The fraction of sp³-hybridized carbons (Fsp3) is 0.143. The zero-order chi connectivity index (χ0) is 13.0. The fourth-order valence-electron chi connectivity index (χ4n) is 1.52. The average molecular weight is 264 g/mol. The molecule has 0 saturated carbocycles. The van der Waals surface area contributed by atoms with Crippen LogP contribution in [0.3, 0.4) is 0 Å². The fourth-order valence-corrected chi connectivity index (χ4v) is 1.65. The van der Waals surface area contributed by atoms with Gasteiger partial charge in [-0.1, -0.05) is 17.7 Å². The number of benzene rings is 2. The summed E-state index contributed by atoms with van der Waals surface area (Å²) in [4.78, 5) is 0. The van der Waals surface area contributed by atoms with E-state index in [-0.39, 0.29) is 0 Å². The summed E-state index contributed by atoms with van der Waals surface area (Å²) < 4.78 is 11.1. The van der Waals surface area contributed by atoms with E-state index in [2.05, 4.69) is 0 Å². The molecule has 0 unspecified atom stereocenters. The minimum Gasteiger partial charge on any atom is -0.492 e. The van der Waals surface area contributed by atoms with Crippen LogP contribution in [-0.2, 0) is 0 Å². The van der Waals surface area contributed by atoms with Crippen molar-refractivity contribution in [2.75, 3.05) is 12.3 Å². The maximum Gasteiger partial charge on any atom is 0.154 e. The Hall–Kier alpha value is -1.87. The molecule has 2 aromatic carbocycles. The topological polar surface area (TPSA) is 44.5 Å². The number of para-hydroxylation sites is 1. The lowest BCUT2D eigenvalue weighted by Gasteiger charge is -2.12. The molecule has 18 heavy (non-hydrogen) atoms. The first kappa shape index (κ1) is 12.6. The summed E-state index contributed by atoms with van der Waals surface area (Å²) in [5, 5.41) is 0.665. The highest BCUT2D eigenvalue weighted by molar-refractivity contribution is 6.30. The Bertz CT molecular complexity index is 526. The van der Waals surface area contributed by atoms with Crippen LogP contribution < -0.4 is 15.2 Å². The average Bonchev–Trinajstić information content (AvgIpc) is 2.37. The number of hydrogen-bond donors (Lipinski definition) is 1. The summed E-state index contributed by atoms with van der Waals surface area (Å²) in [7, 11) is 0. The van der Waals surface area contributed by atoms with Gasteiger partial charge in [0, 0.05) is 5.02 Å². The van der Waals surface area contributed by atoms with Crippen LogP contribution in [0.5, 0.6) is 17.2 Å². The molecular weight excluding hydrogens is 250 g/mol. The number of anilines is 1. The van der Waals surface area contributed by atoms with Crippen molar-refractivity contribution < 1.29 is 9.47 Å². The van der Waals surface area contributed by atoms with Gasteiger partial charge in [-0.2, -0.15) is 0 Å². The Labute approximate surface area is 111 Å². The molecule has 2 rings (SSSR count). The van der Waals surface area contributed by atoms with Gasteiger partial charge in [0.15, 0.2) is 5.75 Å². The standard InChI is InChI=1S/C14H14ClNO2/c1-2-17-12-4-3-5-13(14(12)16)18-11-8-6-10(15)7-9-11/h3-9H,2,16H2,1H3. The number of halogens is 1. The van der Waals surface area contributed by atoms with E-state index in [1.165, 1.54) is 0 Å². The summed E-state index contributed by atoms with van der Waals surface area (Å²) >= 11 is 5.81. The van der Waals surface area contributed by atoms with E-state index >= 15 is 0 Å². The number of nitrogens with two attached hydrogens (primary N) is 1. The summed E-state index contributed by atoms with van der Waals surface area (Å²) in [5.41, 5.74) is 6.47. The summed E-state index contributed by atoms with van der Waals surface area (Å²) in [6, 6.07) is 12.6. The molecule has 0 aliphatic heterocycles. The molecule has 0 bridgehead atoms. The molecule has 0 saturated heterocycles. The van der Waals surface area contributed by atoms with Crippen LogP contribution in [0.1, 0.15) is 6.92 Å². The van der Waals surface area contributed by atoms with Crippen molar-refractivity contribution in [2.45, 2.75) is 6.92 Å². The lowest BCUT2D eigenvalue weighted by atomic mass is 10.2. The van der Waals surface area contributed by atoms with Crippen molar-refractivity contribution in [2.24, 2.45) is 0 Å². The van der Waals surface area contributed by atoms with Crippen molar-refractivity contribution in [1.29, 1.82) is 0 Å². The van der Waals surface area contributed by atoms with Gasteiger partial charge in [-0.25, -0.2) is 0 Å². The van der Waals surface area contributed by atoms with E-state index in [9.17, 15) is 0 Å².